The summed E-state index contributed by atoms with van der Waals surface area (Å²) in [5.41, 5.74) is 6.53. The lowest BCUT2D eigenvalue weighted by Crippen LogP contribution is -2.58. The van der Waals surface area contributed by atoms with E-state index in [1.54, 1.807) is 23.8 Å². The van der Waals surface area contributed by atoms with Gasteiger partial charge in [0.05, 0.1) is 5.69 Å². The zero-order valence-corrected chi connectivity index (χ0v) is 10.8. The van der Waals surface area contributed by atoms with Crippen molar-refractivity contribution < 1.29 is 14.4 Å². The molecule has 1 aliphatic heterocycles. The molecule has 1 unspecified atom stereocenters. The third kappa shape index (κ3) is 2.31. The van der Waals surface area contributed by atoms with Crippen molar-refractivity contribution >= 4 is 23.4 Å². The van der Waals surface area contributed by atoms with Crippen molar-refractivity contribution in [2.24, 2.45) is 0 Å². The number of nitrogens with zero attached hydrogens (tertiary/aromatic N) is 2. The van der Waals surface area contributed by atoms with E-state index in [2.05, 4.69) is 5.32 Å². The summed E-state index contributed by atoms with van der Waals surface area (Å²) in [5.74, 6) is -1.31. The largest absolute Gasteiger partial charge is 0.397 e. The number of nitrogens with one attached hydrogen (secondary N) is 1. The summed E-state index contributed by atoms with van der Waals surface area (Å²) >= 11 is 0. The minimum Gasteiger partial charge on any atom is -0.397 e. The van der Waals surface area contributed by atoms with Crippen LogP contribution in [-0.2, 0) is 16.1 Å². The monoisotopic (exact) mass is 264 g/mol. The third-order valence-electron chi connectivity index (χ3n) is 3.16. The molecule has 3 N–H and O–H groups in total. The Kier molecular flexibility index (Phi) is 3.28. The molecule has 0 bridgehead atoms. The van der Waals surface area contributed by atoms with Crippen molar-refractivity contribution in [1.82, 2.24) is 14.8 Å². The van der Waals surface area contributed by atoms with Gasteiger partial charge in [-0.2, -0.15) is 0 Å². The number of anilines is 1. The number of amides is 3. The predicted octanol–water partition coefficient (Wildman–Crippen LogP) is -0.423. The van der Waals surface area contributed by atoms with Crippen LogP contribution in [0.1, 0.15) is 24.3 Å². The van der Waals surface area contributed by atoms with Gasteiger partial charge in [-0.05, 0) is 19.9 Å². The van der Waals surface area contributed by atoms with Crippen LogP contribution in [0.2, 0.25) is 0 Å². The van der Waals surface area contributed by atoms with Gasteiger partial charge in [0.2, 0.25) is 11.8 Å². The van der Waals surface area contributed by atoms with E-state index in [-0.39, 0.29) is 12.5 Å². The maximum absolute atomic E-state index is 12.4. The first-order valence-electron chi connectivity index (χ1n) is 6.04. The van der Waals surface area contributed by atoms with E-state index >= 15 is 0 Å². The van der Waals surface area contributed by atoms with E-state index in [9.17, 15) is 14.4 Å². The van der Waals surface area contributed by atoms with E-state index < -0.39 is 17.9 Å². The van der Waals surface area contributed by atoms with E-state index in [1.807, 2.05) is 6.92 Å². The summed E-state index contributed by atoms with van der Waals surface area (Å²) in [6.45, 7) is 3.93. The molecule has 1 atom stereocenters. The standard InChI is InChI=1S/C12H16N4O3/c1-3-15-5-8(13)4-9(15)12(19)16-6-10(17)14-11(18)7(16)2/h4-5,7H,3,6,13H2,1-2H3,(H,14,17,18). The third-order valence-corrected chi connectivity index (χ3v) is 3.16. The highest BCUT2D eigenvalue weighted by atomic mass is 16.2. The second-order valence-corrected chi connectivity index (χ2v) is 4.47. The quantitative estimate of drug-likeness (QED) is 0.709. The molecule has 1 saturated heterocycles. The molecule has 0 saturated carbocycles. The maximum Gasteiger partial charge on any atom is 0.271 e. The number of aromatic nitrogens is 1. The molecule has 1 fully saturated rings. The first-order chi connectivity index (χ1) is 8.93. The summed E-state index contributed by atoms with van der Waals surface area (Å²) in [7, 11) is 0. The summed E-state index contributed by atoms with van der Waals surface area (Å²) in [4.78, 5) is 36.6. The number of hydrogen-bond acceptors (Lipinski definition) is 4. The molecule has 0 radical (unpaired) electrons. The first kappa shape index (κ1) is 13.1. The number of hydrogen-bond donors (Lipinski definition) is 2. The summed E-state index contributed by atoms with van der Waals surface area (Å²) in [5, 5.41) is 2.20. The van der Waals surface area contributed by atoms with Crippen molar-refractivity contribution in [2.45, 2.75) is 26.4 Å². The lowest BCUT2D eigenvalue weighted by molar-refractivity contribution is -0.138. The Bertz CT molecular complexity index is 549. The zero-order chi connectivity index (χ0) is 14.2. The molecule has 7 nitrogen and oxygen atoms in total. The van der Waals surface area contributed by atoms with Crippen LogP contribution in [0.4, 0.5) is 5.69 Å². The van der Waals surface area contributed by atoms with Crippen LogP contribution in [0.5, 0.6) is 0 Å². The van der Waals surface area contributed by atoms with Crippen LogP contribution in [0, 0.1) is 0 Å². The van der Waals surface area contributed by atoms with Gasteiger partial charge in [0.15, 0.2) is 0 Å². The maximum atomic E-state index is 12.4. The SMILES string of the molecule is CCn1cc(N)cc1C(=O)N1CC(=O)NC(=O)C1C. The topological polar surface area (TPSA) is 97.4 Å². The Balaban J connectivity index is 2.32. The molecule has 1 aliphatic rings. The fourth-order valence-electron chi connectivity index (χ4n) is 2.08. The molecule has 0 aliphatic carbocycles. The normalized spacial score (nSPS) is 19.5. The summed E-state index contributed by atoms with van der Waals surface area (Å²) < 4.78 is 1.70. The highest BCUT2D eigenvalue weighted by Crippen LogP contribution is 2.16. The van der Waals surface area contributed by atoms with Crippen LogP contribution in [-0.4, -0.2) is 39.8 Å². The molecular formula is C12H16N4O3. The average Bonchev–Trinajstić information content (AvgIpc) is 2.74. The van der Waals surface area contributed by atoms with Gasteiger partial charge in [0.25, 0.3) is 5.91 Å². The number of nitrogens with two attached hydrogens (primary N) is 1. The minimum absolute atomic E-state index is 0.124. The lowest BCUT2D eigenvalue weighted by atomic mass is 10.2. The minimum atomic E-state index is -0.674. The highest BCUT2D eigenvalue weighted by Gasteiger charge is 2.34. The van der Waals surface area contributed by atoms with Gasteiger partial charge < -0.3 is 15.2 Å². The lowest BCUT2D eigenvalue weighted by Gasteiger charge is -2.31. The smallest absolute Gasteiger partial charge is 0.271 e. The fourth-order valence-corrected chi connectivity index (χ4v) is 2.08. The van der Waals surface area contributed by atoms with Crippen molar-refractivity contribution in [2.75, 3.05) is 12.3 Å². The molecule has 0 spiro atoms. The van der Waals surface area contributed by atoms with Gasteiger partial charge in [-0.25, -0.2) is 0 Å². The first-order valence-corrected chi connectivity index (χ1v) is 6.04. The van der Waals surface area contributed by atoms with E-state index in [0.29, 0.717) is 17.9 Å². The summed E-state index contributed by atoms with van der Waals surface area (Å²) in [6, 6.07) is 0.877. The molecule has 2 rings (SSSR count). The van der Waals surface area contributed by atoms with Crippen LogP contribution in [0.3, 0.4) is 0 Å². The van der Waals surface area contributed by atoms with Crippen molar-refractivity contribution in [3.8, 4) is 0 Å². The van der Waals surface area contributed by atoms with E-state index in [1.165, 1.54) is 4.90 Å². The Morgan fingerprint density at radius 2 is 2.21 bits per heavy atom. The van der Waals surface area contributed by atoms with Gasteiger partial charge in [0.1, 0.15) is 18.3 Å². The predicted molar refractivity (Wildman–Crippen MR) is 68.2 cm³/mol. The molecule has 7 heteroatoms. The molecule has 102 valence electrons. The highest BCUT2D eigenvalue weighted by molar-refractivity contribution is 6.06. The fraction of sp³-hybridized carbons (Fsp3) is 0.417. The molecular weight excluding hydrogens is 248 g/mol. The molecule has 1 aromatic rings. The second-order valence-electron chi connectivity index (χ2n) is 4.47. The number of piperazine rings is 1. The average molecular weight is 264 g/mol. The van der Waals surface area contributed by atoms with Gasteiger partial charge >= 0.3 is 0 Å². The van der Waals surface area contributed by atoms with Crippen molar-refractivity contribution in [3.05, 3.63) is 18.0 Å². The molecule has 0 aromatic carbocycles. The molecule has 19 heavy (non-hydrogen) atoms. The van der Waals surface area contributed by atoms with Crippen molar-refractivity contribution in [1.29, 1.82) is 0 Å². The number of nitrogen functional groups attached to an aromatic ring is 1. The number of carbonyl (C=O) groups is 3. The van der Waals surface area contributed by atoms with Gasteiger partial charge in [-0.3, -0.25) is 19.7 Å². The van der Waals surface area contributed by atoms with Crippen LogP contribution >= 0.6 is 0 Å². The Hall–Kier alpha value is -2.31. The van der Waals surface area contributed by atoms with Gasteiger partial charge in [-0.1, -0.05) is 0 Å². The van der Waals surface area contributed by atoms with Gasteiger partial charge in [0, 0.05) is 12.7 Å². The van der Waals surface area contributed by atoms with E-state index in [4.69, 9.17) is 5.73 Å². The Morgan fingerprint density at radius 1 is 1.53 bits per heavy atom. The van der Waals surface area contributed by atoms with Crippen LogP contribution in [0.15, 0.2) is 12.3 Å². The van der Waals surface area contributed by atoms with Crippen LogP contribution in [0.25, 0.3) is 0 Å². The van der Waals surface area contributed by atoms with E-state index in [0.717, 1.165) is 0 Å². The Labute approximate surface area is 110 Å². The number of rotatable bonds is 2. The zero-order valence-electron chi connectivity index (χ0n) is 10.8. The Morgan fingerprint density at radius 3 is 2.84 bits per heavy atom. The number of carbonyl (C=O) groups excluding carboxylic acids is 3. The summed E-state index contributed by atoms with van der Waals surface area (Å²) in [6.07, 6.45) is 1.66. The van der Waals surface area contributed by atoms with Crippen molar-refractivity contribution in [3.63, 3.8) is 0 Å². The second kappa shape index (κ2) is 4.75. The molecule has 2 heterocycles. The molecule has 1 aromatic heterocycles. The number of imide groups is 1. The molecule has 3 amide bonds. The van der Waals surface area contributed by atoms with Gasteiger partial charge in [-0.15, -0.1) is 0 Å². The number of aryl methyl sites for hydroxylation is 1. The van der Waals surface area contributed by atoms with Crippen LogP contribution < -0.4 is 11.1 Å².